The molecular weight excluding hydrogens is 268 g/mol. The van der Waals surface area contributed by atoms with Crippen LogP contribution in [0, 0.1) is 5.92 Å². The SMILES string of the molecule is COCC1CCN(C2CCC(NC3CC3)(C(=O)OC)C2)C1. The molecule has 1 aliphatic heterocycles. The number of hydrogen-bond acceptors (Lipinski definition) is 5. The molecule has 1 saturated heterocycles. The minimum atomic E-state index is -0.431. The summed E-state index contributed by atoms with van der Waals surface area (Å²) in [6.07, 6.45) is 6.51. The first-order chi connectivity index (χ1) is 10.2. The van der Waals surface area contributed by atoms with Crippen molar-refractivity contribution >= 4 is 5.97 Å². The maximum atomic E-state index is 12.3. The minimum absolute atomic E-state index is 0.0652. The van der Waals surface area contributed by atoms with E-state index in [1.54, 1.807) is 7.11 Å². The fourth-order valence-electron chi connectivity index (χ4n) is 4.09. The van der Waals surface area contributed by atoms with Crippen LogP contribution in [0.25, 0.3) is 0 Å². The van der Waals surface area contributed by atoms with Gasteiger partial charge in [0, 0.05) is 25.7 Å². The van der Waals surface area contributed by atoms with Crippen LogP contribution in [0.3, 0.4) is 0 Å². The van der Waals surface area contributed by atoms with Crippen molar-refractivity contribution in [2.24, 2.45) is 5.92 Å². The number of nitrogens with one attached hydrogen (secondary N) is 1. The number of carbonyl (C=O) groups excluding carboxylic acids is 1. The van der Waals surface area contributed by atoms with E-state index in [0.29, 0.717) is 18.0 Å². The standard InChI is InChI=1S/C16H28N2O3/c1-20-11-12-6-8-18(10-12)14-5-7-16(9-14,15(19)21-2)17-13-3-4-13/h12-14,17H,3-11H2,1-2H3. The van der Waals surface area contributed by atoms with Gasteiger partial charge in [-0.3, -0.25) is 15.0 Å². The van der Waals surface area contributed by atoms with Crippen LogP contribution in [0.15, 0.2) is 0 Å². The molecule has 3 aliphatic rings. The zero-order chi connectivity index (χ0) is 14.9. The molecule has 3 fully saturated rings. The van der Waals surface area contributed by atoms with Crippen LogP contribution in [0.1, 0.15) is 38.5 Å². The fourth-order valence-corrected chi connectivity index (χ4v) is 4.09. The molecule has 21 heavy (non-hydrogen) atoms. The van der Waals surface area contributed by atoms with Gasteiger partial charge in [-0.1, -0.05) is 0 Å². The number of rotatable bonds is 6. The average molecular weight is 296 g/mol. The fraction of sp³-hybridized carbons (Fsp3) is 0.938. The Morgan fingerprint density at radius 3 is 2.76 bits per heavy atom. The Balaban J connectivity index is 1.61. The normalized spacial score (nSPS) is 37.0. The highest BCUT2D eigenvalue weighted by Crippen LogP contribution is 2.38. The number of ether oxygens (including phenoxy) is 2. The van der Waals surface area contributed by atoms with Crippen molar-refractivity contribution in [3.05, 3.63) is 0 Å². The lowest BCUT2D eigenvalue weighted by atomic mass is 9.97. The Hall–Kier alpha value is -0.650. The molecule has 0 spiro atoms. The van der Waals surface area contributed by atoms with Gasteiger partial charge in [-0.2, -0.15) is 0 Å². The molecular formula is C16H28N2O3. The molecule has 0 aromatic rings. The number of hydrogen-bond donors (Lipinski definition) is 1. The highest BCUT2D eigenvalue weighted by Gasteiger charge is 2.50. The Morgan fingerprint density at radius 2 is 2.10 bits per heavy atom. The van der Waals surface area contributed by atoms with Gasteiger partial charge in [0.15, 0.2) is 0 Å². The quantitative estimate of drug-likeness (QED) is 0.746. The summed E-state index contributed by atoms with van der Waals surface area (Å²) in [5.41, 5.74) is -0.431. The Kier molecular flexibility index (Phi) is 4.52. The molecule has 3 atom stereocenters. The monoisotopic (exact) mass is 296 g/mol. The molecule has 120 valence electrons. The average Bonchev–Trinajstić information content (AvgIpc) is 3.00. The molecule has 3 rings (SSSR count). The number of likely N-dealkylation sites (tertiary alicyclic amines) is 1. The summed E-state index contributed by atoms with van der Waals surface area (Å²) < 4.78 is 10.4. The van der Waals surface area contributed by atoms with Crippen LogP contribution in [-0.4, -0.2) is 62.4 Å². The van der Waals surface area contributed by atoms with Gasteiger partial charge in [-0.15, -0.1) is 0 Å². The lowest BCUT2D eigenvalue weighted by Crippen LogP contribution is -2.52. The lowest BCUT2D eigenvalue weighted by Gasteiger charge is -2.30. The van der Waals surface area contributed by atoms with E-state index in [1.165, 1.54) is 26.4 Å². The number of carbonyl (C=O) groups is 1. The topological polar surface area (TPSA) is 50.8 Å². The van der Waals surface area contributed by atoms with E-state index in [4.69, 9.17) is 9.47 Å². The first-order valence-electron chi connectivity index (χ1n) is 8.26. The van der Waals surface area contributed by atoms with E-state index in [-0.39, 0.29) is 5.97 Å². The summed E-state index contributed by atoms with van der Waals surface area (Å²) in [5.74, 6) is 0.587. The zero-order valence-corrected chi connectivity index (χ0v) is 13.3. The van der Waals surface area contributed by atoms with Gasteiger partial charge in [0.05, 0.1) is 13.7 Å². The second-order valence-electron chi connectivity index (χ2n) is 6.99. The van der Waals surface area contributed by atoms with E-state index in [0.717, 1.165) is 39.0 Å². The van der Waals surface area contributed by atoms with E-state index in [1.807, 2.05) is 0 Å². The zero-order valence-electron chi connectivity index (χ0n) is 13.3. The third-order valence-corrected chi connectivity index (χ3v) is 5.36. The smallest absolute Gasteiger partial charge is 0.326 e. The maximum Gasteiger partial charge on any atom is 0.326 e. The molecule has 0 radical (unpaired) electrons. The van der Waals surface area contributed by atoms with Crippen molar-refractivity contribution in [3.63, 3.8) is 0 Å². The van der Waals surface area contributed by atoms with Crippen molar-refractivity contribution in [1.82, 2.24) is 10.2 Å². The van der Waals surface area contributed by atoms with E-state index >= 15 is 0 Å². The van der Waals surface area contributed by atoms with E-state index in [2.05, 4.69) is 10.2 Å². The summed E-state index contributed by atoms with van der Waals surface area (Å²) in [7, 11) is 3.29. The molecule has 2 aliphatic carbocycles. The molecule has 2 saturated carbocycles. The number of nitrogens with zero attached hydrogens (tertiary/aromatic N) is 1. The molecule has 0 bridgehead atoms. The lowest BCUT2D eigenvalue weighted by molar-refractivity contribution is -0.148. The van der Waals surface area contributed by atoms with Gasteiger partial charge in [-0.05, 0) is 51.0 Å². The van der Waals surface area contributed by atoms with Crippen LogP contribution in [0.5, 0.6) is 0 Å². The van der Waals surface area contributed by atoms with Crippen LogP contribution < -0.4 is 5.32 Å². The van der Waals surface area contributed by atoms with Crippen molar-refractivity contribution in [3.8, 4) is 0 Å². The molecule has 0 aromatic carbocycles. The van der Waals surface area contributed by atoms with Crippen LogP contribution >= 0.6 is 0 Å². The first kappa shape index (κ1) is 15.3. The highest BCUT2D eigenvalue weighted by atomic mass is 16.5. The summed E-state index contributed by atoms with van der Waals surface area (Å²) in [4.78, 5) is 14.9. The van der Waals surface area contributed by atoms with E-state index in [9.17, 15) is 4.79 Å². The summed E-state index contributed by atoms with van der Waals surface area (Å²) >= 11 is 0. The first-order valence-corrected chi connectivity index (χ1v) is 8.26. The van der Waals surface area contributed by atoms with Gasteiger partial charge in [-0.25, -0.2) is 0 Å². The summed E-state index contributed by atoms with van der Waals surface area (Å²) in [5, 5.41) is 3.58. The van der Waals surface area contributed by atoms with Gasteiger partial charge in [0.2, 0.25) is 0 Å². The Bertz CT molecular complexity index is 386. The number of esters is 1. The third-order valence-electron chi connectivity index (χ3n) is 5.36. The molecule has 3 unspecified atom stereocenters. The molecule has 0 amide bonds. The summed E-state index contributed by atoms with van der Waals surface area (Å²) in [6, 6.07) is 1.04. The van der Waals surface area contributed by atoms with Gasteiger partial charge in [0.1, 0.15) is 5.54 Å². The van der Waals surface area contributed by atoms with E-state index < -0.39 is 5.54 Å². The third kappa shape index (κ3) is 3.25. The maximum absolute atomic E-state index is 12.3. The van der Waals surface area contributed by atoms with Crippen LogP contribution in [0.4, 0.5) is 0 Å². The molecule has 1 heterocycles. The van der Waals surface area contributed by atoms with Crippen LogP contribution in [0.2, 0.25) is 0 Å². The number of methoxy groups -OCH3 is 2. The molecule has 0 aromatic heterocycles. The molecule has 5 nitrogen and oxygen atoms in total. The predicted octanol–water partition coefficient (Wildman–Crippen LogP) is 1.17. The summed E-state index contributed by atoms with van der Waals surface area (Å²) in [6.45, 7) is 3.10. The van der Waals surface area contributed by atoms with Gasteiger partial charge < -0.3 is 9.47 Å². The highest BCUT2D eigenvalue weighted by molar-refractivity contribution is 5.81. The minimum Gasteiger partial charge on any atom is -0.468 e. The van der Waals surface area contributed by atoms with Gasteiger partial charge in [0.25, 0.3) is 0 Å². The second kappa shape index (κ2) is 6.23. The second-order valence-corrected chi connectivity index (χ2v) is 6.99. The van der Waals surface area contributed by atoms with Crippen molar-refractivity contribution in [2.75, 3.05) is 33.9 Å². The Morgan fingerprint density at radius 1 is 1.29 bits per heavy atom. The van der Waals surface area contributed by atoms with Gasteiger partial charge >= 0.3 is 5.97 Å². The Labute approximate surface area is 127 Å². The van der Waals surface area contributed by atoms with Crippen molar-refractivity contribution < 1.29 is 14.3 Å². The van der Waals surface area contributed by atoms with Crippen molar-refractivity contribution in [2.45, 2.75) is 56.1 Å². The molecule has 1 N–H and O–H groups in total. The largest absolute Gasteiger partial charge is 0.468 e. The predicted molar refractivity (Wildman–Crippen MR) is 80.1 cm³/mol. The van der Waals surface area contributed by atoms with Crippen LogP contribution in [-0.2, 0) is 14.3 Å². The van der Waals surface area contributed by atoms with Crippen molar-refractivity contribution in [1.29, 1.82) is 0 Å². The molecule has 5 heteroatoms.